The van der Waals surface area contributed by atoms with Gasteiger partial charge in [-0.2, -0.15) is 10.5 Å². The molecule has 1 saturated heterocycles. The quantitative estimate of drug-likeness (QED) is 0.493. The number of nitriles is 2. The average molecular weight is 431 g/mol. The van der Waals surface area contributed by atoms with Crippen molar-refractivity contribution in [3.63, 3.8) is 0 Å². The van der Waals surface area contributed by atoms with Gasteiger partial charge in [0, 0.05) is 38.8 Å². The van der Waals surface area contributed by atoms with E-state index in [-0.39, 0.29) is 0 Å². The highest BCUT2D eigenvalue weighted by atomic mass is 16.5. The minimum atomic E-state index is 0.411. The Balaban J connectivity index is 1.55. The first-order chi connectivity index (χ1) is 15.7. The van der Waals surface area contributed by atoms with E-state index >= 15 is 0 Å². The van der Waals surface area contributed by atoms with Gasteiger partial charge in [0.25, 0.3) is 0 Å². The summed E-state index contributed by atoms with van der Waals surface area (Å²) in [5, 5.41) is 18.5. The second kappa shape index (κ2) is 12.2. The van der Waals surface area contributed by atoms with Crippen molar-refractivity contribution in [1.29, 1.82) is 10.5 Å². The van der Waals surface area contributed by atoms with Gasteiger partial charge in [-0.3, -0.25) is 9.80 Å². The third-order valence-electron chi connectivity index (χ3n) is 6.36. The van der Waals surface area contributed by atoms with Gasteiger partial charge in [-0.15, -0.1) is 0 Å². The molecule has 1 heterocycles. The van der Waals surface area contributed by atoms with Crippen LogP contribution in [0.2, 0.25) is 0 Å². The van der Waals surface area contributed by atoms with Crippen LogP contribution in [0.15, 0.2) is 42.5 Å². The van der Waals surface area contributed by atoms with E-state index in [0.29, 0.717) is 24.0 Å². The summed E-state index contributed by atoms with van der Waals surface area (Å²) in [7, 11) is 0. The third-order valence-corrected chi connectivity index (χ3v) is 6.36. The monoisotopic (exact) mass is 430 g/mol. The normalized spacial score (nSPS) is 15.6. The molecule has 1 fully saturated rings. The first-order valence-corrected chi connectivity index (χ1v) is 11.7. The van der Waals surface area contributed by atoms with E-state index in [4.69, 9.17) is 4.74 Å². The predicted molar refractivity (Wildman–Crippen MR) is 127 cm³/mol. The summed E-state index contributed by atoms with van der Waals surface area (Å²) in [5.41, 5.74) is 3.76. The number of hydrogen-bond acceptors (Lipinski definition) is 5. The summed E-state index contributed by atoms with van der Waals surface area (Å²) in [5.74, 6) is 0.667. The maximum absolute atomic E-state index is 9.28. The van der Waals surface area contributed by atoms with Crippen LogP contribution in [-0.4, -0.2) is 49.1 Å². The molecular weight excluding hydrogens is 396 g/mol. The van der Waals surface area contributed by atoms with E-state index in [9.17, 15) is 10.5 Å². The molecule has 32 heavy (non-hydrogen) atoms. The number of nitrogens with zero attached hydrogens (tertiary/aromatic N) is 4. The molecule has 168 valence electrons. The van der Waals surface area contributed by atoms with Crippen LogP contribution in [0.4, 0.5) is 0 Å². The molecule has 2 aromatic carbocycles. The Bertz CT molecular complexity index is 951. The molecule has 0 aromatic heterocycles. The van der Waals surface area contributed by atoms with Gasteiger partial charge in [-0.05, 0) is 42.7 Å². The fraction of sp³-hybridized carbons (Fsp3) is 0.481. The highest BCUT2D eigenvalue weighted by molar-refractivity contribution is 5.42. The SMILES string of the molecule is CCCCCC(c1ccc(C#N)c(C)c1)N1CCN(CCOc2ccccc2C#N)CC1. The number of hydrogen-bond donors (Lipinski definition) is 0. The number of unbranched alkanes of at least 4 members (excludes halogenated alkanes) is 2. The van der Waals surface area contributed by atoms with Crippen molar-refractivity contribution in [2.45, 2.75) is 45.6 Å². The molecule has 0 N–H and O–H groups in total. The molecule has 0 spiro atoms. The fourth-order valence-electron chi connectivity index (χ4n) is 4.44. The number of rotatable bonds is 10. The molecule has 5 nitrogen and oxygen atoms in total. The van der Waals surface area contributed by atoms with Gasteiger partial charge >= 0.3 is 0 Å². The van der Waals surface area contributed by atoms with Crippen LogP contribution in [0, 0.1) is 29.6 Å². The van der Waals surface area contributed by atoms with E-state index in [1.807, 2.05) is 31.2 Å². The molecule has 0 radical (unpaired) electrons. The van der Waals surface area contributed by atoms with Gasteiger partial charge in [0.2, 0.25) is 0 Å². The number of piperazine rings is 1. The predicted octanol–water partition coefficient (Wildman–Crippen LogP) is 5.06. The molecular formula is C27H34N4O. The molecule has 0 aliphatic carbocycles. The summed E-state index contributed by atoms with van der Waals surface area (Å²) in [6, 6.07) is 18.6. The molecule has 1 unspecified atom stereocenters. The third kappa shape index (κ3) is 6.33. The number of aryl methyl sites for hydroxylation is 1. The van der Waals surface area contributed by atoms with Gasteiger partial charge in [0.1, 0.15) is 18.4 Å². The van der Waals surface area contributed by atoms with Crippen LogP contribution in [0.25, 0.3) is 0 Å². The van der Waals surface area contributed by atoms with E-state index < -0.39 is 0 Å². The Morgan fingerprint density at radius 1 is 0.969 bits per heavy atom. The van der Waals surface area contributed by atoms with Gasteiger partial charge in [0.15, 0.2) is 0 Å². The van der Waals surface area contributed by atoms with Crippen LogP contribution < -0.4 is 4.74 Å². The maximum Gasteiger partial charge on any atom is 0.137 e. The van der Waals surface area contributed by atoms with Crippen LogP contribution in [-0.2, 0) is 0 Å². The Hall–Kier alpha value is -2.86. The zero-order valence-corrected chi connectivity index (χ0v) is 19.4. The Kier molecular flexibility index (Phi) is 9.11. The number of ether oxygens (including phenoxy) is 1. The van der Waals surface area contributed by atoms with Crippen molar-refractivity contribution >= 4 is 0 Å². The highest BCUT2D eigenvalue weighted by Crippen LogP contribution is 2.29. The lowest BCUT2D eigenvalue weighted by Crippen LogP contribution is -2.48. The van der Waals surface area contributed by atoms with E-state index in [2.05, 4.69) is 41.0 Å². The van der Waals surface area contributed by atoms with Crippen molar-refractivity contribution in [3.05, 3.63) is 64.7 Å². The lowest BCUT2D eigenvalue weighted by Gasteiger charge is -2.39. The van der Waals surface area contributed by atoms with Crippen LogP contribution >= 0.6 is 0 Å². The molecule has 0 bridgehead atoms. The summed E-state index contributed by atoms with van der Waals surface area (Å²) < 4.78 is 5.87. The fourth-order valence-corrected chi connectivity index (χ4v) is 4.44. The second-order valence-electron chi connectivity index (χ2n) is 8.53. The Morgan fingerprint density at radius 3 is 2.41 bits per heavy atom. The van der Waals surface area contributed by atoms with Gasteiger partial charge in [0.05, 0.1) is 17.2 Å². The smallest absolute Gasteiger partial charge is 0.137 e. The molecule has 1 atom stereocenters. The summed E-state index contributed by atoms with van der Waals surface area (Å²) in [4.78, 5) is 5.05. The van der Waals surface area contributed by atoms with Crippen LogP contribution in [0.3, 0.4) is 0 Å². The largest absolute Gasteiger partial charge is 0.491 e. The maximum atomic E-state index is 9.28. The van der Waals surface area contributed by atoms with Crippen molar-refractivity contribution < 1.29 is 4.74 Å². The summed E-state index contributed by atoms with van der Waals surface area (Å²) >= 11 is 0. The van der Waals surface area contributed by atoms with Crippen LogP contribution in [0.1, 0.15) is 60.9 Å². The first kappa shape index (κ1) is 23.8. The van der Waals surface area contributed by atoms with Crippen molar-refractivity contribution in [1.82, 2.24) is 9.80 Å². The standard InChI is InChI=1S/C27H34N4O/c1-3-4-5-9-26(23-11-12-24(20-28)22(2)19-23)31-15-13-30(14-16-31)17-18-32-27-10-7-6-8-25(27)21-29/h6-8,10-12,19,26H,3-5,9,13-18H2,1-2H3. The summed E-state index contributed by atoms with van der Waals surface area (Å²) in [6.45, 7) is 9.84. The van der Waals surface area contributed by atoms with Crippen molar-refractivity contribution in [2.24, 2.45) is 0 Å². The van der Waals surface area contributed by atoms with E-state index in [0.717, 1.165) is 50.3 Å². The van der Waals surface area contributed by atoms with Crippen molar-refractivity contribution in [2.75, 3.05) is 39.3 Å². The Labute approximate surface area is 192 Å². The number of benzene rings is 2. The molecule has 2 aromatic rings. The molecule has 5 heteroatoms. The van der Waals surface area contributed by atoms with Gasteiger partial charge in [-0.25, -0.2) is 0 Å². The summed E-state index contributed by atoms with van der Waals surface area (Å²) in [6.07, 6.45) is 4.87. The molecule has 1 aliphatic rings. The van der Waals surface area contributed by atoms with Crippen LogP contribution in [0.5, 0.6) is 5.75 Å². The molecule has 1 aliphatic heterocycles. The van der Waals surface area contributed by atoms with E-state index in [1.54, 1.807) is 6.07 Å². The minimum Gasteiger partial charge on any atom is -0.491 e. The lowest BCUT2D eigenvalue weighted by atomic mass is 9.95. The van der Waals surface area contributed by atoms with Gasteiger partial charge < -0.3 is 4.74 Å². The van der Waals surface area contributed by atoms with Gasteiger partial charge in [-0.1, -0.05) is 50.5 Å². The molecule has 3 rings (SSSR count). The zero-order chi connectivity index (χ0) is 22.8. The second-order valence-corrected chi connectivity index (χ2v) is 8.53. The minimum absolute atomic E-state index is 0.411. The zero-order valence-electron chi connectivity index (χ0n) is 19.4. The molecule has 0 saturated carbocycles. The van der Waals surface area contributed by atoms with Crippen molar-refractivity contribution in [3.8, 4) is 17.9 Å². The first-order valence-electron chi connectivity index (χ1n) is 11.7. The van der Waals surface area contributed by atoms with E-state index in [1.165, 1.54) is 24.8 Å². The topological polar surface area (TPSA) is 63.3 Å². The lowest BCUT2D eigenvalue weighted by molar-refractivity contribution is 0.0817. The average Bonchev–Trinajstić information content (AvgIpc) is 2.83. The molecule has 0 amide bonds. The number of para-hydroxylation sites is 1. The Morgan fingerprint density at radius 2 is 1.72 bits per heavy atom. The highest BCUT2D eigenvalue weighted by Gasteiger charge is 2.25.